The van der Waals surface area contributed by atoms with Gasteiger partial charge in [0.05, 0.1) is 18.8 Å². The molecule has 1 aromatic rings. The first kappa shape index (κ1) is 16.2. The zero-order valence-corrected chi connectivity index (χ0v) is 12.3. The second kappa shape index (κ2) is 7.70. The van der Waals surface area contributed by atoms with E-state index in [2.05, 4.69) is 12.2 Å². The monoisotopic (exact) mass is 277 g/mol. The van der Waals surface area contributed by atoms with Crippen LogP contribution in [0.2, 0.25) is 0 Å². The van der Waals surface area contributed by atoms with Crippen molar-refractivity contribution in [1.82, 2.24) is 5.32 Å². The number of carbonyl (C=O) groups is 1. The van der Waals surface area contributed by atoms with Crippen molar-refractivity contribution in [2.75, 3.05) is 13.2 Å². The van der Waals surface area contributed by atoms with E-state index in [1.165, 1.54) is 6.08 Å². The highest BCUT2D eigenvalue weighted by Gasteiger charge is 2.17. The first-order chi connectivity index (χ1) is 9.46. The molecule has 1 amide bonds. The summed E-state index contributed by atoms with van der Waals surface area (Å²) in [6.07, 6.45) is 4.16. The molecule has 0 unspecified atom stereocenters. The molecule has 1 aromatic carbocycles. The van der Waals surface area contributed by atoms with Gasteiger partial charge in [-0.05, 0) is 44.0 Å². The molecule has 0 aromatic heterocycles. The highest BCUT2D eigenvalue weighted by atomic mass is 16.5. The summed E-state index contributed by atoms with van der Waals surface area (Å²) >= 11 is 0. The van der Waals surface area contributed by atoms with Crippen molar-refractivity contribution in [3.63, 3.8) is 0 Å². The first-order valence-corrected chi connectivity index (χ1v) is 6.81. The lowest BCUT2D eigenvalue weighted by molar-refractivity contribution is -0.118. The predicted molar refractivity (Wildman–Crippen MR) is 80.6 cm³/mol. The molecule has 0 atom stereocenters. The average molecular weight is 277 g/mol. The Labute approximate surface area is 120 Å². The maximum atomic E-state index is 11.7. The second-order valence-corrected chi connectivity index (χ2v) is 5.28. The summed E-state index contributed by atoms with van der Waals surface area (Å²) in [5.41, 5.74) is 0.310. The van der Waals surface area contributed by atoms with Gasteiger partial charge in [0, 0.05) is 6.08 Å². The van der Waals surface area contributed by atoms with E-state index >= 15 is 0 Å². The average Bonchev–Trinajstić information content (AvgIpc) is 2.43. The number of hydrogen-bond donors (Lipinski definition) is 2. The van der Waals surface area contributed by atoms with Gasteiger partial charge in [-0.3, -0.25) is 4.79 Å². The highest BCUT2D eigenvalue weighted by molar-refractivity contribution is 5.92. The summed E-state index contributed by atoms with van der Waals surface area (Å²) in [5.74, 6) is 0.602. The van der Waals surface area contributed by atoms with Gasteiger partial charge in [-0.25, -0.2) is 0 Å². The van der Waals surface area contributed by atoms with Crippen LogP contribution in [0.15, 0.2) is 30.3 Å². The van der Waals surface area contributed by atoms with Crippen molar-refractivity contribution in [3.8, 4) is 5.75 Å². The molecule has 0 saturated carbocycles. The zero-order valence-electron chi connectivity index (χ0n) is 12.3. The van der Waals surface area contributed by atoms with Crippen molar-refractivity contribution >= 4 is 12.0 Å². The zero-order chi connectivity index (χ0) is 15.0. The van der Waals surface area contributed by atoms with Crippen LogP contribution in [0.4, 0.5) is 0 Å². The minimum absolute atomic E-state index is 0.101. The third kappa shape index (κ3) is 5.89. The summed E-state index contributed by atoms with van der Waals surface area (Å²) in [5, 5.41) is 11.8. The minimum Gasteiger partial charge on any atom is -0.494 e. The van der Waals surface area contributed by atoms with Gasteiger partial charge in [0.25, 0.3) is 0 Å². The Morgan fingerprint density at radius 2 is 2.00 bits per heavy atom. The quantitative estimate of drug-likeness (QED) is 0.752. The first-order valence-electron chi connectivity index (χ1n) is 6.81. The Hall–Kier alpha value is -1.81. The number of benzene rings is 1. The van der Waals surface area contributed by atoms with Crippen LogP contribution in [0.5, 0.6) is 5.75 Å². The molecule has 0 fully saturated rings. The summed E-state index contributed by atoms with van der Waals surface area (Å²) in [6, 6.07) is 7.55. The molecule has 2 N–H and O–H groups in total. The SMILES string of the molecule is CCCOc1ccc(/C=C/C(=O)NC(C)(C)CO)cc1. The molecule has 0 radical (unpaired) electrons. The number of amides is 1. The fourth-order valence-corrected chi connectivity index (χ4v) is 1.48. The molecule has 1 rings (SSSR count). The Kier molecular flexibility index (Phi) is 6.25. The number of nitrogens with one attached hydrogen (secondary N) is 1. The van der Waals surface area contributed by atoms with Crippen molar-refractivity contribution in [2.24, 2.45) is 0 Å². The van der Waals surface area contributed by atoms with Crippen LogP contribution in [-0.4, -0.2) is 29.8 Å². The molecule has 110 valence electrons. The van der Waals surface area contributed by atoms with E-state index < -0.39 is 5.54 Å². The summed E-state index contributed by atoms with van der Waals surface area (Å²) in [4.78, 5) is 11.7. The van der Waals surface area contributed by atoms with Gasteiger partial charge in [0.15, 0.2) is 0 Å². The summed E-state index contributed by atoms with van der Waals surface area (Å²) < 4.78 is 5.48. The highest BCUT2D eigenvalue weighted by Crippen LogP contribution is 2.13. The third-order valence-electron chi connectivity index (χ3n) is 2.64. The van der Waals surface area contributed by atoms with E-state index in [1.807, 2.05) is 24.3 Å². The maximum Gasteiger partial charge on any atom is 0.244 e. The second-order valence-electron chi connectivity index (χ2n) is 5.28. The van der Waals surface area contributed by atoms with Gasteiger partial charge in [-0.2, -0.15) is 0 Å². The Bertz CT molecular complexity index is 449. The largest absolute Gasteiger partial charge is 0.494 e. The van der Waals surface area contributed by atoms with Crippen molar-refractivity contribution in [3.05, 3.63) is 35.9 Å². The minimum atomic E-state index is -0.612. The summed E-state index contributed by atoms with van der Waals surface area (Å²) in [7, 11) is 0. The van der Waals surface area contributed by atoms with Crippen LogP contribution in [0.25, 0.3) is 6.08 Å². The lowest BCUT2D eigenvalue weighted by Crippen LogP contribution is -2.45. The van der Waals surface area contributed by atoms with Crippen LogP contribution in [0.3, 0.4) is 0 Å². The molecule has 4 heteroatoms. The van der Waals surface area contributed by atoms with Gasteiger partial charge in [-0.1, -0.05) is 19.1 Å². The van der Waals surface area contributed by atoms with Crippen LogP contribution >= 0.6 is 0 Å². The molecular weight excluding hydrogens is 254 g/mol. The van der Waals surface area contributed by atoms with Crippen LogP contribution in [0.1, 0.15) is 32.8 Å². The Morgan fingerprint density at radius 1 is 1.35 bits per heavy atom. The number of hydrogen-bond acceptors (Lipinski definition) is 3. The van der Waals surface area contributed by atoms with Gasteiger partial charge >= 0.3 is 0 Å². The number of rotatable bonds is 7. The van der Waals surface area contributed by atoms with Gasteiger partial charge in [0.2, 0.25) is 5.91 Å². The van der Waals surface area contributed by atoms with E-state index in [9.17, 15) is 4.79 Å². The Balaban J connectivity index is 2.55. The number of ether oxygens (including phenoxy) is 1. The van der Waals surface area contributed by atoms with Crippen LogP contribution in [0, 0.1) is 0 Å². The van der Waals surface area contributed by atoms with Crippen molar-refractivity contribution in [2.45, 2.75) is 32.7 Å². The standard InChI is InChI=1S/C16H23NO3/c1-4-11-20-14-8-5-13(6-9-14)7-10-15(19)17-16(2,3)12-18/h5-10,18H,4,11-12H2,1-3H3,(H,17,19)/b10-7+. The number of aliphatic hydroxyl groups excluding tert-OH is 1. The van der Waals surface area contributed by atoms with E-state index in [4.69, 9.17) is 9.84 Å². The Morgan fingerprint density at radius 3 is 2.55 bits per heavy atom. The summed E-state index contributed by atoms with van der Waals surface area (Å²) in [6.45, 7) is 6.19. The smallest absolute Gasteiger partial charge is 0.244 e. The van der Waals surface area contributed by atoms with Gasteiger partial charge in [0.1, 0.15) is 5.75 Å². The topological polar surface area (TPSA) is 58.6 Å². The lowest BCUT2D eigenvalue weighted by atomic mass is 10.1. The van der Waals surface area contributed by atoms with E-state index in [-0.39, 0.29) is 12.5 Å². The van der Waals surface area contributed by atoms with Crippen molar-refractivity contribution in [1.29, 1.82) is 0 Å². The van der Waals surface area contributed by atoms with Gasteiger partial charge in [-0.15, -0.1) is 0 Å². The maximum absolute atomic E-state index is 11.7. The molecule has 0 aliphatic rings. The normalized spacial score (nSPS) is 11.6. The number of carbonyl (C=O) groups excluding carboxylic acids is 1. The third-order valence-corrected chi connectivity index (χ3v) is 2.64. The fourth-order valence-electron chi connectivity index (χ4n) is 1.48. The lowest BCUT2D eigenvalue weighted by Gasteiger charge is -2.22. The van der Waals surface area contributed by atoms with E-state index in [1.54, 1.807) is 19.9 Å². The molecular formula is C16H23NO3. The molecule has 20 heavy (non-hydrogen) atoms. The fraction of sp³-hybridized carbons (Fsp3) is 0.438. The molecule has 0 aliphatic carbocycles. The van der Waals surface area contributed by atoms with Crippen molar-refractivity contribution < 1.29 is 14.6 Å². The molecule has 4 nitrogen and oxygen atoms in total. The number of aliphatic hydroxyl groups is 1. The van der Waals surface area contributed by atoms with E-state index in [0.29, 0.717) is 6.61 Å². The van der Waals surface area contributed by atoms with Gasteiger partial charge < -0.3 is 15.2 Å². The van der Waals surface area contributed by atoms with Crippen LogP contribution < -0.4 is 10.1 Å². The molecule has 0 bridgehead atoms. The molecule has 0 saturated heterocycles. The van der Waals surface area contributed by atoms with E-state index in [0.717, 1.165) is 17.7 Å². The molecule has 0 heterocycles. The molecule has 0 aliphatic heterocycles. The van der Waals surface area contributed by atoms with Crippen LogP contribution in [-0.2, 0) is 4.79 Å². The predicted octanol–water partition coefficient (Wildman–Crippen LogP) is 2.38. The molecule has 0 spiro atoms.